The molecule has 0 aliphatic heterocycles. The first kappa shape index (κ1) is 27.2. The number of nitrogens with one attached hydrogen (secondary N) is 2. The van der Waals surface area contributed by atoms with Gasteiger partial charge in [0.05, 0.1) is 23.5 Å². The van der Waals surface area contributed by atoms with Crippen LogP contribution in [0.5, 0.6) is 0 Å². The maximum atomic E-state index is 12.6. The number of anilines is 1. The molecule has 0 bridgehead atoms. The van der Waals surface area contributed by atoms with Crippen molar-refractivity contribution in [2.24, 2.45) is 0 Å². The van der Waals surface area contributed by atoms with Crippen molar-refractivity contribution in [3.8, 4) is 0 Å². The number of amides is 2. The Bertz CT molecular complexity index is 1230. The van der Waals surface area contributed by atoms with Crippen molar-refractivity contribution in [2.45, 2.75) is 51.5 Å². The van der Waals surface area contributed by atoms with E-state index in [2.05, 4.69) is 20.8 Å². The summed E-state index contributed by atoms with van der Waals surface area (Å²) in [6.07, 6.45) is -0.235. The number of carbonyl (C=O) groups excluding carboxylic acids is 3. The summed E-state index contributed by atoms with van der Waals surface area (Å²) in [5.41, 5.74) is 1.34. The van der Waals surface area contributed by atoms with Crippen LogP contribution in [-0.4, -0.2) is 44.4 Å². The second-order valence-electron chi connectivity index (χ2n) is 8.16. The minimum Gasteiger partial charge on any atom is -0.459 e. The number of ether oxygens (including phenoxy) is 1. The van der Waals surface area contributed by atoms with E-state index in [1.807, 2.05) is 18.4 Å². The van der Waals surface area contributed by atoms with Crippen LogP contribution in [0.15, 0.2) is 53.7 Å². The van der Waals surface area contributed by atoms with Gasteiger partial charge in [-0.15, -0.1) is 10.2 Å². The summed E-state index contributed by atoms with van der Waals surface area (Å²) >= 11 is 7.12. The molecule has 0 saturated heterocycles. The normalized spacial score (nSPS) is 11.7. The number of esters is 1. The van der Waals surface area contributed by atoms with Crippen LogP contribution in [0, 0.1) is 0 Å². The molecule has 2 N–H and O–H groups in total. The molecule has 0 fully saturated rings. The number of halogens is 1. The van der Waals surface area contributed by atoms with Gasteiger partial charge in [0.15, 0.2) is 11.0 Å². The summed E-state index contributed by atoms with van der Waals surface area (Å²) < 4.78 is 7.05. The molecule has 11 heteroatoms. The smallest absolute Gasteiger partial charge is 0.338 e. The van der Waals surface area contributed by atoms with Gasteiger partial charge >= 0.3 is 5.97 Å². The SMILES string of the molecule is CCn1c(SCC(=O)Nc2cccc(C(=O)OC(C)C)c2)nnc1[C@@H](C)NC(=O)c1ccc(Cl)cc1. The fourth-order valence-corrected chi connectivity index (χ4v) is 4.24. The van der Waals surface area contributed by atoms with Gasteiger partial charge in [-0.2, -0.15) is 0 Å². The van der Waals surface area contributed by atoms with Gasteiger partial charge in [-0.05, 0) is 70.2 Å². The standard InChI is InChI=1S/C25H28ClN5O4S/c1-5-31-22(16(4)27-23(33)17-9-11-19(26)12-10-17)29-30-25(31)36-14-21(32)28-20-8-6-7-18(13-20)24(34)35-15(2)3/h6-13,15-16H,5,14H2,1-4H3,(H,27,33)(H,28,32)/t16-/m1/s1. The van der Waals surface area contributed by atoms with Crippen LogP contribution in [0.25, 0.3) is 0 Å². The lowest BCUT2D eigenvalue weighted by Crippen LogP contribution is -2.28. The molecule has 2 aromatic carbocycles. The molecule has 0 unspecified atom stereocenters. The zero-order chi connectivity index (χ0) is 26.2. The molecule has 0 aliphatic carbocycles. The molecule has 3 rings (SSSR count). The highest BCUT2D eigenvalue weighted by atomic mass is 35.5. The van der Waals surface area contributed by atoms with Gasteiger partial charge in [-0.1, -0.05) is 29.4 Å². The van der Waals surface area contributed by atoms with Crippen LogP contribution in [0.3, 0.4) is 0 Å². The van der Waals surface area contributed by atoms with Crippen molar-refractivity contribution in [3.05, 3.63) is 70.5 Å². The Morgan fingerprint density at radius 3 is 2.44 bits per heavy atom. The summed E-state index contributed by atoms with van der Waals surface area (Å²) in [7, 11) is 0. The lowest BCUT2D eigenvalue weighted by atomic mass is 10.2. The van der Waals surface area contributed by atoms with E-state index in [0.717, 1.165) is 0 Å². The first-order valence-corrected chi connectivity index (χ1v) is 12.8. The number of benzene rings is 2. The number of hydrogen-bond donors (Lipinski definition) is 2. The van der Waals surface area contributed by atoms with Gasteiger partial charge < -0.3 is 19.9 Å². The largest absolute Gasteiger partial charge is 0.459 e. The van der Waals surface area contributed by atoms with E-state index in [9.17, 15) is 14.4 Å². The minimum absolute atomic E-state index is 0.0876. The highest BCUT2D eigenvalue weighted by molar-refractivity contribution is 7.99. The van der Waals surface area contributed by atoms with E-state index in [4.69, 9.17) is 16.3 Å². The Hall–Kier alpha value is -3.37. The number of carbonyl (C=O) groups is 3. The summed E-state index contributed by atoms with van der Waals surface area (Å²) in [6.45, 7) is 7.87. The summed E-state index contributed by atoms with van der Waals surface area (Å²) in [6, 6.07) is 12.8. The maximum absolute atomic E-state index is 12.6. The lowest BCUT2D eigenvalue weighted by molar-refractivity contribution is -0.113. The quantitative estimate of drug-likeness (QED) is 0.288. The van der Waals surface area contributed by atoms with E-state index in [1.165, 1.54) is 11.8 Å². The van der Waals surface area contributed by atoms with Gasteiger partial charge in [-0.25, -0.2) is 4.79 Å². The molecule has 0 aliphatic rings. The second kappa shape index (κ2) is 12.5. The average molecular weight is 530 g/mol. The van der Waals surface area contributed by atoms with Crippen LogP contribution in [0.2, 0.25) is 5.02 Å². The lowest BCUT2D eigenvalue weighted by Gasteiger charge is -2.15. The van der Waals surface area contributed by atoms with Crippen molar-refractivity contribution < 1.29 is 19.1 Å². The van der Waals surface area contributed by atoms with Crippen LogP contribution in [0.4, 0.5) is 5.69 Å². The average Bonchev–Trinajstić information content (AvgIpc) is 3.26. The topological polar surface area (TPSA) is 115 Å². The maximum Gasteiger partial charge on any atom is 0.338 e. The molecule has 9 nitrogen and oxygen atoms in total. The fourth-order valence-electron chi connectivity index (χ4n) is 3.30. The highest BCUT2D eigenvalue weighted by Gasteiger charge is 2.20. The molecule has 1 aromatic heterocycles. The predicted octanol–water partition coefficient (Wildman–Crippen LogP) is 4.74. The van der Waals surface area contributed by atoms with Gasteiger partial charge in [0.25, 0.3) is 5.91 Å². The van der Waals surface area contributed by atoms with Crippen molar-refractivity contribution in [1.82, 2.24) is 20.1 Å². The molecule has 1 heterocycles. The molecule has 2 amide bonds. The Labute approximate surface area is 219 Å². The Morgan fingerprint density at radius 1 is 1.06 bits per heavy atom. The third-order valence-corrected chi connectivity index (χ3v) is 6.18. The third kappa shape index (κ3) is 7.32. The Kier molecular flexibility index (Phi) is 9.49. The van der Waals surface area contributed by atoms with Crippen molar-refractivity contribution in [3.63, 3.8) is 0 Å². The number of aromatic nitrogens is 3. The second-order valence-corrected chi connectivity index (χ2v) is 9.54. The number of hydrogen-bond acceptors (Lipinski definition) is 7. The van der Waals surface area contributed by atoms with Crippen LogP contribution in [-0.2, 0) is 16.1 Å². The van der Waals surface area contributed by atoms with E-state index < -0.39 is 12.0 Å². The molecule has 36 heavy (non-hydrogen) atoms. The van der Waals surface area contributed by atoms with Crippen LogP contribution < -0.4 is 10.6 Å². The molecule has 0 radical (unpaired) electrons. The van der Waals surface area contributed by atoms with Gasteiger partial charge in [0, 0.05) is 22.8 Å². The van der Waals surface area contributed by atoms with Crippen LogP contribution in [0.1, 0.15) is 60.3 Å². The van der Waals surface area contributed by atoms with E-state index in [-0.39, 0.29) is 23.7 Å². The molecular weight excluding hydrogens is 502 g/mol. The van der Waals surface area contributed by atoms with E-state index in [0.29, 0.717) is 39.4 Å². The molecule has 3 aromatic rings. The predicted molar refractivity (Wildman–Crippen MR) is 139 cm³/mol. The van der Waals surface area contributed by atoms with E-state index >= 15 is 0 Å². The number of nitrogens with zero attached hydrogens (tertiary/aromatic N) is 3. The van der Waals surface area contributed by atoms with Gasteiger partial charge in [-0.3, -0.25) is 9.59 Å². The zero-order valence-corrected chi connectivity index (χ0v) is 22.0. The minimum atomic E-state index is -0.448. The van der Waals surface area contributed by atoms with Gasteiger partial charge in [0.2, 0.25) is 5.91 Å². The summed E-state index contributed by atoms with van der Waals surface area (Å²) in [5.74, 6) is -0.288. The van der Waals surface area contributed by atoms with Crippen molar-refractivity contribution >= 4 is 46.8 Å². The first-order chi connectivity index (χ1) is 17.2. The number of rotatable bonds is 10. The summed E-state index contributed by atoms with van der Waals surface area (Å²) in [4.78, 5) is 37.2. The number of thioether (sulfide) groups is 1. The molecule has 0 spiro atoms. The summed E-state index contributed by atoms with van der Waals surface area (Å²) in [5, 5.41) is 15.3. The first-order valence-electron chi connectivity index (χ1n) is 11.4. The molecular formula is C25H28ClN5O4S. The monoisotopic (exact) mass is 529 g/mol. The van der Waals surface area contributed by atoms with Crippen molar-refractivity contribution in [1.29, 1.82) is 0 Å². The fraction of sp³-hybridized carbons (Fsp3) is 0.320. The zero-order valence-electron chi connectivity index (χ0n) is 20.4. The Balaban J connectivity index is 1.60. The molecule has 0 saturated carbocycles. The van der Waals surface area contributed by atoms with Gasteiger partial charge in [0.1, 0.15) is 0 Å². The third-order valence-electron chi connectivity index (χ3n) is 4.96. The van der Waals surface area contributed by atoms with Crippen LogP contribution >= 0.6 is 23.4 Å². The molecule has 190 valence electrons. The van der Waals surface area contributed by atoms with E-state index in [1.54, 1.807) is 62.4 Å². The molecule has 1 atom stereocenters. The Morgan fingerprint density at radius 2 is 1.78 bits per heavy atom. The highest BCUT2D eigenvalue weighted by Crippen LogP contribution is 2.22. The van der Waals surface area contributed by atoms with Crippen molar-refractivity contribution in [2.75, 3.05) is 11.1 Å².